The zero-order valence-electron chi connectivity index (χ0n) is 16.9. The minimum Gasteiger partial charge on any atom is -0.224 e. The van der Waals surface area contributed by atoms with Gasteiger partial charge in [-0.25, -0.2) is 4.57 Å². The lowest BCUT2D eigenvalue weighted by molar-refractivity contribution is -0.768. The molecule has 27 heavy (non-hydrogen) atoms. The van der Waals surface area contributed by atoms with Crippen LogP contribution in [-0.2, 0) is 11.0 Å². The molecule has 1 aliphatic heterocycles. The fourth-order valence-corrected chi connectivity index (χ4v) is 4.98. The summed E-state index contributed by atoms with van der Waals surface area (Å²) in [6.45, 7) is 9.46. The summed E-state index contributed by atoms with van der Waals surface area (Å²) in [5, 5.41) is 0. The molecule has 0 fully saturated rings. The molecule has 0 saturated carbocycles. The molecule has 1 aliphatic rings. The SMILES string of the molecule is CCCC1(C)[n+]2cnc(-c3ccccc3)cc2-c2ccccc2C1(C)CC. The monoisotopic (exact) mass is 357 g/mol. The van der Waals surface area contributed by atoms with Crippen molar-refractivity contribution in [2.75, 3.05) is 0 Å². The van der Waals surface area contributed by atoms with E-state index in [1.807, 2.05) is 0 Å². The van der Waals surface area contributed by atoms with Crippen LogP contribution in [0.2, 0.25) is 0 Å². The summed E-state index contributed by atoms with van der Waals surface area (Å²) in [7, 11) is 0. The van der Waals surface area contributed by atoms with E-state index in [0.29, 0.717) is 0 Å². The van der Waals surface area contributed by atoms with Crippen molar-refractivity contribution in [3.63, 3.8) is 0 Å². The Bertz CT molecular complexity index is 963. The van der Waals surface area contributed by atoms with Crippen molar-refractivity contribution in [3.8, 4) is 22.5 Å². The van der Waals surface area contributed by atoms with Crippen molar-refractivity contribution in [3.05, 3.63) is 72.6 Å². The lowest BCUT2D eigenvalue weighted by atomic mass is 9.60. The van der Waals surface area contributed by atoms with E-state index < -0.39 is 0 Å². The normalized spacial score (nSPS) is 23.6. The zero-order valence-corrected chi connectivity index (χ0v) is 16.9. The number of fused-ring (bicyclic) bond motifs is 3. The predicted octanol–water partition coefficient (Wildman–Crippen LogP) is 5.90. The van der Waals surface area contributed by atoms with E-state index in [9.17, 15) is 0 Å². The molecule has 0 aliphatic carbocycles. The van der Waals surface area contributed by atoms with Crippen LogP contribution in [0.5, 0.6) is 0 Å². The van der Waals surface area contributed by atoms with Crippen LogP contribution in [0, 0.1) is 0 Å². The van der Waals surface area contributed by atoms with Crippen LogP contribution in [0.4, 0.5) is 0 Å². The second kappa shape index (κ2) is 6.60. The molecular formula is C25H29N2+. The van der Waals surface area contributed by atoms with Crippen molar-refractivity contribution < 1.29 is 4.57 Å². The maximum absolute atomic E-state index is 4.88. The largest absolute Gasteiger partial charge is 0.287 e. The Balaban J connectivity index is 2.01. The fraction of sp³-hybridized carbons (Fsp3) is 0.360. The quantitative estimate of drug-likeness (QED) is 0.531. The fourth-order valence-electron chi connectivity index (χ4n) is 4.98. The number of hydrogen-bond acceptors (Lipinski definition) is 1. The summed E-state index contributed by atoms with van der Waals surface area (Å²) in [6, 6.07) is 21.7. The Morgan fingerprint density at radius 1 is 0.926 bits per heavy atom. The second-order valence-electron chi connectivity index (χ2n) is 8.15. The Labute approximate surface area is 162 Å². The maximum atomic E-state index is 4.88. The number of hydrogen-bond donors (Lipinski definition) is 0. The average Bonchev–Trinajstić information content (AvgIpc) is 2.72. The molecule has 3 aromatic rings. The first kappa shape index (κ1) is 17.9. The molecule has 138 valence electrons. The van der Waals surface area contributed by atoms with Crippen LogP contribution in [0.15, 0.2) is 67.0 Å². The van der Waals surface area contributed by atoms with E-state index in [1.165, 1.54) is 22.4 Å². The number of rotatable bonds is 4. The Morgan fingerprint density at radius 3 is 2.33 bits per heavy atom. The van der Waals surface area contributed by atoms with Gasteiger partial charge in [0.25, 0.3) is 6.33 Å². The number of nitrogens with zero attached hydrogens (tertiary/aromatic N) is 2. The first-order chi connectivity index (χ1) is 13.0. The van der Waals surface area contributed by atoms with Gasteiger partial charge in [-0.1, -0.05) is 81.8 Å². The highest BCUT2D eigenvalue weighted by molar-refractivity contribution is 5.70. The number of benzene rings is 2. The molecular weight excluding hydrogens is 328 g/mol. The zero-order chi connectivity index (χ0) is 19.1. The van der Waals surface area contributed by atoms with Gasteiger partial charge in [-0.05, 0) is 30.3 Å². The van der Waals surface area contributed by atoms with Crippen LogP contribution >= 0.6 is 0 Å². The molecule has 0 bridgehead atoms. The number of aromatic nitrogens is 2. The van der Waals surface area contributed by atoms with Gasteiger partial charge < -0.3 is 0 Å². The van der Waals surface area contributed by atoms with Crippen LogP contribution in [0.25, 0.3) is 22.5 Å². The van der Waals surface area contributed by atoms with Crippen LogP contribution < -0.4 is 4.57 Å². The highest BCUT2D eigenvalue weighted by Crippen LogP contribution is 2.49. The van der Waals surface area contributed by atoms with E-state index in [-0.39, 0.29) is 11.0 Å². The van der Waals surface area contributed by atoms with Gasteiger partial charge in [-0.3, -0.25) is 0 Å². The first-order valence-electron chi connectivity index (χ1n) is 10.1. The van der Waals surface area contributed by atoms with Crippen LogP contribution in [-0.4, -0.2) is 4.98 Å². The van der Waals surface area contributed by atoms with Gasteiger partial charge in [0.2, 0.25) is 0 Å². The molecule has 2 nitrogen and oxygen atoms in total. The van der Waals surface area contributed by atoms with Crippen molar-refractivity contribution in [2.24, 2.45) is 0 Å². The third-order valence-corrected chi connectivity index (χ3v) is 6.88. The first-order valence-corrected chi connectivity index (χ1v) is 10.1. The summed E-state index contributed by atoms with van der Waals surface area (Å²) in [5.41, 5.74) is 6.37. The second-order valence-corrected chi connectivity index (χ2v) is 8.15. The van der Waals surface area contributed by atoms with Gasteiger partial charge in [0.15, 0.2) is 5.69 Å². The maximum Gasteiger partial charge on any atom is 0.287 e. The molecule has 0 spiro atoms. The van der Waals surface area contributed by atoms with Crippen molar-refractivity contribution >= 4 is 0 Å². The lowest BCUT2D eigenvalue weighted by Gasteiger charge is -2.49. The van der Waals surface area contributed by atoms with Gasteiger partial charge in [0.1, 0.15) is 11.2 Å². The van der Waals surface area contributed by atoms with Crippen LogP contribution in [0.1, 0.15) is 52.5 Å². The Hall–Kier alpha value is -2.48. The molecule has 4 rings (SSSR count). The van der Waals surface area contributed by atoms with E-state index in [2.05, 4.69) is 99.3 Å². The summed E-state index contributed by atoms with van der Waals surface area (Å²) in [4.78, 5) is 4.88. The van der Waals surface area contributed by atoms with Crippen molar-refractivity contribution in [2.45, 2.75) is 57.9 Å². The van der Waals surface area contributed by atoms with Crippen molar-refractivity contribution in [1.29, 1.82) is 0 Å². The average molecular weight is 358 g/mol. The van der Waals surface area contributed by atoms with Gasteiger partial charge in [0, 0.05) is 22.6 Å². The highest BCUT2D eigenvalue weighted by atomic mass is 15.1. The minimum absolute atomic E-state index is 0.00239. The summed E-state index contributed by atoms with van der Waals surface area (Å²) >= 11 is 0. The lowest BCUT2D eigenvalue weighted by Crippen LogP contribution is -2.67. The molecule has 2 unspecified atom stereocenters. The molecule has 2 aromatic carbocycles. The summed E-state index contributed by atoms with van der Waals surface area (Å²) in [6.07, 6.45) is 5.47. The standard InChI is InChI=1S/C25H29N2/c1-5-16-25(4)24(3,6-2)21-15-11-10-14-20(21)23-17-22(26-18-27(23)25)19-12-8-7-9-13-19/h7-15,17-18H,5-6,16H2,1-4H3/q+1. The third kappa shape index (κ3) is 2.54. The van der Waals surface area contributed by atoms with E-state index in [1.54, 1.807) is 0 Å². The summed E-state index contributed by atoms with van der Waals surface area (Å²) < 4.78 is 2.45. The van der Waals surface area contributed by atoms with Crippen molar-refractivity contribution in [1.82, 2.24) is 4.98 Å². The molecule has 1 aromatic heterocycles. The molecule has 0 amide bonds. The molecule has 0 radical (unpaired) electrons. The van der Waals surface area contributed by atoms with Gasteiger partial charge in [-0.15, -0.1) is 0 Å². The van der Waals surface area contributed by atoms with Gasteiger partial charge in [0.05, 0.1) is 0 Å². The molecule has 2 heteroatoms. The molecule has 2 heterocycles. The van der Waals surface area contributed by atoms with Crippen LogP contribution in [0.3, 0.4) is 0 Å². The minimum atomic E-state index is 0.00239. The molecule has 0 N–H and O–H groups in total. The molecule has 2 atom stereocenters. The smallest absolute Gasteiger partial charge is 0.224 e. The topological polar surface area (TPSA) is 16.8 Å². The highest BCUT2D eigenvalue weighted by Gasteiger charge is 2.53. The summed E-state index contributed by atoms with van der Waals surface area (Å²) in [5.74, 6) is 0. The van der Waals surface area contributed by atoms with E-state index in [0.717, 1.165) is 25.0 Å². The van der Waals surface area contributed by atoms with E-state index in [4.69, 9.17) is 4.98 Å². The Kier molecular flexibility index (Phi) is 4.38. The third-order valence-electron chi connectivity index (χ3n) is 6.88. The Morgan fingerprint density at radius 2 is 1.63 bits per heavy atom. The van der Waals surface area contributed by atoms with Gasteiger partial charge in [-0.2, -0.15) is 0 Å². The predicted molar refractivity (Wildman–Crippen MR) is 112 cm³/mol. The molecule has 0 saturated heterocycles. The van der Waals surface area contributed by atoms with Gasteiger partial charge >= 0.3 is 0 Å². The van der Waals surface area contributed by atoms with E-state index >= 15 is 0 Å².